The Bertz CT molecular complexity index is 471. The third-order valence-electron chi connectivity index (χ3n) is 2.47. The summed E-state index contributed by atoms with van der Waals surface area (Å²) >= 11 is 0. The summed E-state index contributed by atoms with van der Waals surface area (Å²) in [6.45, 7) is 3.94. The van der Waals surface area contributed by atoms with E-state index in [4.69, 9.17) is 5.73 Å². The minimum absolute atomic E-state index is 0.0226. The standard InChI is InChI=1S/C11H14N2O/c1-6(12)11-7(2)13-10-4-3-8(14)5-9(10)11/h3-6,13-14H,12H2,1-2H3/t6-/m1/s1. The number of hydrogen-bond donors (Lipinski definition) is 3. The van der Waals surface area contributed by atoms with Crippen LogP contribution in [0.25, 0.3) is 10.9 Å². The number of nitrogens with two attached hydrogens (primary N) is 1. The Kier molecular flexibility index (Phi) is 1.97. The number of rotatable bonds is 1. The average Bonchev–Trinajstić information content (AvgIpc) is 2.40. The Hall–Kier alpha value is -1.48. The molecule has 2 rings (SSSR count). The maximum absolute atomic E-state index is 9.39. The zero-order valence-electron chi connectivity index (χ0n) is 8.33. The number of aromatic nitrogens is 1. The van der Waals surface area contributed by atoms with E-state index in [0.29, 0.717) is 0 Å². The highest BCUT2D eigenvalue weighted by Crippen LogP contribution is 2.28. The van der Waals surface area contributed by atoms with Gasteiger partial charge in [0.05, 0.1) is 0 Å². The van der Waals surface area contributed by atoms with E-state index in [2.05, 4.69) is 4.98 Å². The van der Waals surface area contributed by atoms with Gasteiger partial charge in [-0.25, -0.2) is 0 Å². The molecule has 0 aliphatic carbocycles. The number of H-pyrrole nitrogens is 1. The molecule has 1 heterocycles. The van der Waals surface area contributed by atoms with Crippen LogP contribution in [0.3, 0.4) is 0 Å². The van der Waals surface area contributed by atoms with Gasteiger partial charge in [-0.2, -0.15) is 0 Å². The second-order valence-electron chi connectivity index (χ2n) is 3.68. The third kappa shape index (κ3) is 1.26. The van der Waals surface area contributed by atoms with Crippen molar-refractivity contribution in [2.75, 3.05) is 0 Å². The van der Waals surface area contributed by atoms with Crippen molar-refractivity contribution in [2.24, 2.45) is 5.73 Å². The van der Waals surface area contributed by atoms with Crippen molar-refractivity contribution in [1.82, 2.24) is 4.98 Å². The molecule has 1 atom stereocenters. The fourth-order valence-corrected chi connectivity index (χ4v) is 1.92. The quantitative estimate of drug-likeness (QED) is 0.645. The first-order valence-corrected chi connectivity index (χ1v) is 4.66. The highest BCUT2D eigenvalue weighted by molar-refractivity contribution is 5.86. The second kappa shape index (κ2) is 3.03. The summed E-state index contributed by atoms with van der Waals surface area (Å²) in [5.74, 6) is 0.276. The molecule has 0 unspecified atom stereocenters. The summed E-state index contributed by atoms with van der Waals surface area (Å²) in [7, 11) is 0. The predicted molar refractivity (Wildman–Crippen MR) is 57.3 cm³/mol. The molecule has 0 spiro atoms. The van der Waals surface area contributed by atoms with Crippen LogP contribution in [0.5, 0.6) is 5.75 Å². The zero-order chi connectivity index (χ0) is 10.3. The highest BCUT2D eigenvalue weighted by atomic mass is 16.3. The molecule has 0 saturated heterocycles. The van der Waals surface area contributed by atoms with E-state index in [9.17, 15) is 5.11 Å². The van der Waals surface area contributed by atoms with Gasteiger partial charge in [0.1, 0.15) is 5.75 Å². The van der Waals surface area contributed by atoms with E-state index in [0.717, 1.165) is 22.2 Å². The molecule has 14 heavy (non-hydrogen) atoms. The largest absolute Gasteiger partial charge is 0.508 e. The Balaban J connectivity index is 2.79. The van der Waals surface area contributed by atoms with Crippen LogP contribution < -0.4 is 5.73 Å². The number of benzene rings is 1. The molecule has 1 aromatic carbocycles. The van der Waals surface area contributed by atoms with E-state index in [1.165, 1.54) is 0 Å². The van der Waals surface area contributed by atoms with E-state index in [-0.39, 0.29) is 11.8 Å². The summed E-state index contributed by atoms with van der Waals surface area (Å²) in [5, 5.41) is 10.4. The lowest BCUT2D eigenvalue weighted by atomic mass is 10.1. The van der Waals surface area contributed by atoms with Crippen molar-refractivity contribution >= 4 is 10.9 Å². The van der Waals surface area contributed by atoms with Gasteiger partial charge in [-0.1, -0.05) is 0 Å². The van der Waals surface area contributed by atoms with Crippen molar-refractivity contribution in [3.05, 3.63) is 29.5 Å². The minimum atomic E-state index is -0.0226. The molecule has 74 valence electrons. The summed E-state index contributed by atoms with van der Waals surface area (Å²) in [5.41, 5.74) is 9.04. The molecule has 0 aliphatic rings. The molecule has 0 amide bonds. The van der Waals surface area contributed by atoms with Crippen LogP contribution in [0.1, 0.15) is 24.2 Å². The molecule has 0 radical (unpaired) electrons. The number of aryl methyl sites for hydroxylation is 1. The minimum Gasteiger partial charge on any atom is -0.508 e. The lowest BCUT2D eigenvalue weighted by Gasteiger charge is -2.04. The van der Waals surface area contributed by atoms with Gasteiger partial charge in [-0.3, -0.25) is 0 Å². The molecule has 0 fully saturated rings. The molecule has 2 aromatic rings. The summed E-state index contributed by atoms with van der Waals surface area (Å²) in [6, 6.07) is 5.26. The fourth-order valence-electron chi connectivity index (χ4n) is 1.92. The number of fused-ring (bicyclic) bond motifs is 1. The van der Waals surface area contributed by atoms with Crippen LogP contribution in [-0.4, -0.2) is 10.1 Å². The first-order chi connectivity index (χ1) is 6.59. The second-order valence-corrected chi connectivity index (χ2v) is 3.68. The van der Waals surface area contributed by atoms with Gasteiger partial charge < -0.3 is 15.8 Å². The Morgan fingerprint density at radius 3 is 2.79 bits per heavy atom. The third-order valence-corrected chi connectivity index (χ3v) is 2.47. The maximum atomic E-state index is 9.39. The zero-order valence-corrected chi connectivity index (χ0v) is 8.33. The summed E-state index contributed by atoms with van der Waals surface area (Å²) in [4.78, 5) is 3.24. The van der Waals surface area contributed by atoms with Gasteiger partial charge in [-0.05, 0) is 37.6 Å². The van der Waals surface area contributed by atoms with Crippen molar-refractivity contribution in [2.45, 2.75) is 19.9 Å². The van der Waals surface area contributed by atoms with Gasteiger partial charge in [0.25, 0.3) is 0 Å². The van der Waals surface area contributed by atoms with Crippen LogP contribution in [-0.2, 0) is 0 Å². The van der Waals surface area contributed by atoms with E-state index < -0.39 is 0 Å². The van der Waals surface area contributed by atoms with Gasteiger partial charge in [-0.15, -0.1) is 0 Å². The first-order valence-electron chi connectivity index (χ1n) is 4.66. The number of phenols is 1. The smallest absolute Gasteiger partial charge is 0.116 e. The Labute approximate surface area is 82.6 Å². The number of hydrogen-bond acceptors (Lipinski definition) is 2. The number of nitrogens with one attached hydrogen (secondary N) is 1. The highest BCUT2D eigenvalue weighted by Gasteiger charge is 2.11. The molecule has 0 aliphatic heterocycles. The molecule has 1 aromatic heterocycles. The monoisotopic (exact) mass is 190 g/mol. The number of aromatic hydroxyl groups is 1. The van der Waals surface area contributed by atoms with Crippen molar-refractivity contribution in [3.8, 4) is 5.75 Å². The SMILES string of the molecule is Cc1[nH]c2ccc(O)cc2c1[C@@H](C)N. The Morgan fingerprint density at radius 2 is 2.14 bits per heavy atom. The molecule has 4 N–H and O–H groups in total. The van der Waals surface area contributed by atoms with E-state index in [1.54, 1.807) is 12.1 Å². The van der Waals surface area contributed by atoms with Crippen LogP contribution in [0, 0.1) is 6.92 Å². The van der Waals surface area contributed by atoms with Crippen LogP contribution in [0.4, 0.5) is 0 Å². The molecular weight excluding hydrogens is 176 g/mol. The average molecular weight is 190 g/mol. The van der Waals surface area contributed by atoms with Crippen molar-refractivity contribution in [3.63, 3.8) is 0 Å². The maximum Gasteiger partial charge on any atom is 0.116 e. The van der Waals surface area contributed by atoms with Gasteiger partial charge in [0.15, 0.2) is 0 Å². The van der Waals surface area contributed by atoms with E-state index in [1.807, 2.05) is 19.9 Å². The summed E-state index contributed by atoms with van der Waals surface area (Å²) < 4.78 is 0. The fraction of sp³-hybridized carbons (Fsp3) is 0.273. The number of phenolic OH excluding ortho intramolecular Hbond substituents is 1. The molecule has 0 saturated carbocycles. The molecule has 0 bridgehead atoms. The topological polar surface area (TPSA) is 62.0 Å². The van der Waals surface area contributed by atoms with Crippen molar-refractivity contribution < 1.29 is 5.11 Å². The first kappa shape index (κ1) is 9.09. The van der Waals surface area contributed by atoms with E-state index >= 15 is 0 Å². The van der Waals surface area contributed by atoms with Crippen molar-refractivity contribution in [1.29, 1.82) is 0 Å². The molecular formula is C11H14N2O. The molecule has 3 nitrogen and oxygen atoms in total. The van der Waals surface area contributed by atoms with Crippen LogP contribution in [0.15, 0.2) is 18.2 Å². The van der Waals surface area contributed by atoms with Gasteiger partial charge >= 0.3 is 0 Å². The summed E-state index contributed by atoms with van der Waals surface area (Å²) in [6.07, 6.45) is 0. The van der Waals surface area contributed by atoms with Gasteiger partial charge in [0.2, 0.25) is 0 Å². The van der Waals surface area contributed by atoms with Crippen LogP contribution in [0.2, 0.25) is 0 Å². The lowest BCUT2D eigenvalue weighted by Crippen LogP contribution is -2.05. The number of aromatic amines is 1. The normalized spacial score (nSPS) is 13.4. The van der Waals surface area contributed by atoms with Gasteiger partial charge in [0, 0.05) is 22.6 Å². The van der Waals surface area contributed by atoms with Crippen LogP contribution >= 0.6 is 0 Å². The predicted octanol–water partition coefficient (Wildman–Crippen LogP) is 2.20. The Morgan fingerprint density at radius 1 is 1.43 bits per heavy atom. The molecule has 3 heteroatoms. The lowest BCUT2D eigenvalue weighted by molar-refractivity contribution is 0.476.